The molecule has 4 aromatic rings. The number of aromatic nitrogens is 4. The maximum atomic E-state index is 12.6. The van der Waals surface area contributed by atoms with Crippen LogP contribution >= 0.6 is 0 Å². The Bertz CT molecular complexity index is 1310. The van der Waals surface area contributed by atoms with Crippen LogP contribution in [0.3, 0.4) is 0 Å². The van der Waals surface area contributed by atoms with E-state index in [2.05, 4.69) is 21.5 Å². The van der Waals surface area contributed by atoms with Gasteiger partial charge in [-0.25, -0.2) is 9.97 Å². The number of nitrogens with two attached hydrogens (primary N) is 2. The van der Waals surface area contributed by atoms with E-state index in [1.807, 2.05) is 12.1 Å². The van der Waals surface area contributed by atoms with Crippen molar-refractivity contribution in [2.24, 2.45) is 0 Å². The van der Waals surface area contributed by atoms with Crippen LogP contribution in [0.25, 0.3) is 22.1 Å². The molecule has 8 nitrogen and oxygen atoms in total. The fourth-order valence-corrected chi connectivity index (χ4v) is 4.30. The summed E-state index contributed by atoms with van der Waals surface area (Å²) in [5, 5.41) is 0. The van der Waals surface area contributed by atoms with Crippen LogP contribution in [-0.2, 0) is 13.0 Å². The summed E-state index contributed by atoms with van der Waals surface area (Å²) in [5.41, 5.74) is 16.6. The molecule has 0 atom stereocenters. The normalized spacial score (nSPS) is 11.4. The molecule has 3 aromatic heterocycles. The molecule has 0 radical (unpaired) electrons. The van der Waals surface area contributed by atoms with Crippen LogP contribution in [0.2, 0.25) is 0 Å². The average molecular weight is 461 g/mol. The highest BCUT2D eigenvalue weighted by Gasteiger charge is 2.18. The van der Waals surface area contributed by atoms with Gasteiger partial charge in [0, 0.05) is 31.1 Å². The Balaban J connectivity index is 1.47. The molecule has 1 aromatic carbocycles. The molecule has 3 heterocycles. The number of carbonyl (C=O) groups excluding carboxylic acids is 1. The fraction of sp³-hybridized carbons (Fsp3) is 0.385. The predicted octanol–water partition coefficient (Wildman–Crippen LogP) is 4.94. The molecule has 0 aliphatic carbocycles. The number of pyridine rings is 2. The summed E-state index contributed by atoms with van der Waals surface area (Å²) in [7, 11) is 1.55. The molecule has 0 saturated heterocycles. The van der Waals surface area contributed by atoms with E-state index < -0.39 is 0 Å². The number of hydrogen-bond acceptors (Lipinski definition) is 7. The number of Topliss-reactive ketones (excluding diaryl/α,β-unsaturated/α-hetero) is 1. The Morgan fingerprint density at radius 3 is 2.71 bits per heavy atom. The maximum Gasteiger partial charge on any atom is 0.163 e. The van der Waals surface area contributed by atoms with Crippen molar-refractivity contribution < 1.29 is 9.53 Å². The monoisotopic (exact) mass is 460 g/mol. The minimum Gasteiger partial charge on any atom is -0.495 e. The molecule has 0 aliphatic rings. The third-order valence-corrected chi connectivity index (χ3v) is 6.14. The van der Waals surface area contributed by atoms with Gasteiger partial charge in [0.25, 0.3) is 0 Å². The lowest BCUT2D eigenvalue weighted by Gasteiger charge is -2.11. The van der Waals surface area contributed by atoms with Gasteiger partial charge in [-0.05, 0) is 49.6 Å². The van der Waals surface area contributed by atoms with Gasteiger partial charge < -0.3 is 20.8 Å². The first-order chi connectivity index (χ1) is 16.5. The van der Waals surface area contributed by atoms with Crippen molar-refractivity contribution in [3.8, 4) is 5.75 Å². The van der Waals surface area contributed by atoms with Crippen molar-refractivity contribution in [2.75, 3.05) is 18.6 Å². The van der Waals surface area contributed by atoms with Crippen molar-refractivity contribution in [3.63, 3.8) is 0 Å². The summed E-state index contributed by atoms with van der Waals surface area (Å²) in [5.74, 6) is 2.10. The number of nitrogen functional groups attached to an aromatic ring is 2. The third kappa shape index (κ3) is 4.81. The number of aryl methyl sites for hydroxylation is 2. The van der Waals surface area contributed by atoms with Gasteiger partial charge in [0.05, 0.1) is 18.3 Å². The minimum absolute atomic E-state index is 0.101. The summed E-state index contributed by atoms with van der Waals surface area (Å²) in [6, 6.07) is 8.99. The standard InChI is InChI=1S/C26H32N6O2/c1-3-4-11-22-31-24-25(23-19(30-26(24)28)9-8-14-29-23)32(22)15-7-5-6-10-20(33)17-12-13-18(27)21(16-17)34-2/h8-9,12-14,16H,3-7,10-11,15,27H2,1-2H3,(H2,28,30). The maximum absolute atomic E-state index is 12.6. The molecular formula is C26H32N6O2. The number of unbranched alkanes of at least 4 members (excludes halogenated alkanes) is 3. The van der Waals surface area contributed by atoms with E-state index in [9.17, 15) is 4.79 Å². The molecule has 0 amide bonds. The zero-order chi connectivity index (χ0) is 24.1. The summed E-state index contributed by atoms with van der Waals surface area (Å²) >= 11 is 0. The fourth-order valence-electron chi connectivity index (χ4n) is 4.30. The molecule has 0 aliphatic heterocycles. The van der Waals surface area contributed by atoms with Gasteiger partial charge in [-0.1, -0.05) is 19.8 Å². The summed E-state index contributed by atoms with van der Waals surface area (Å²) in [6.45, 7) is 2.97. The average Bonchev–Trinajstić information content (AvgIpc) is 3.22. The van der Waals surface area contributed by atoms with Crippen molar-refractivity contribution in [3.05, 3.63) is 47.9 Å². The number of ketones is 1. The van der Waals surface area contributed by atoms with E-state index in [4.69, 9.17) is 21.2 Å². The molecule has 0 fully saturated rings. The van der Waals surface area contributed by atoms with Gasteiger partial charge in [0.15, 0.2) is 11.6 Å². The first-order valence-corrected chi connectivity index (χ1v) is 11.9. The number of rotatable bonds is 11. The van der Waals surface area contributed by atoms with Gasteiger partial charge in [0.1, 0.15) is 28.1 Å². The van der Waals surface area contributed by atoms with Crippen LogP contribution in [0.1, 0.15) is 61.6 Å². The van der Waals surface area contributed by atoms with Crippen LogP contribution in [0.5, 0.6) is 5.75 Å². The number of ether oxygens (including phenoxy) is 1. The van der Waals surface area contributed by atoms with E-state index in [0.717, 1.165) is 73.0 Å². The highest BCUT2D eigenvalue weighted by atomic mass is 16.5. The number of imidazole rings is 1. The lowest BCUT2D eigenvalue weighted by atomic mass is 10.0. The first kappa shape index (κ1) is 23.5. The second-order valence-corrected chi connectivity index (χ2v) is 8.54. The van der Waals surface area contributed by atoms with E-state index in [-0.39, 0.29) is 5.78 Å². The highest BCUT2D eigenvalue weighted by molar-refractivity contribution is 6.04. The zero-order valence-electron chi connectivity index (χ0n) is 19.9. The summed E-state index contributed by atoms with van der Waals surface area (Å²) in [4.78, 5) is 26.5. The number of nitrogens with zero attached hydrogens (tertiary/aromatic N) is 4. The number of benzene rings is 1. The first-order valence-electron chi connectivity index (χ1n) is 11.9. The van der Waals surface area contributed by atoms with Crippen LogP contribution in [0.15, 0.2) is 36.5 Å². The van der Waals surface area contributed by atoms with Crippen LogP contribution in [0, 0.1) is 0 Å². The van der Waals surface area contributed by atoms with Crippen LogP contribution in [0.4, 0.5) is 11.5 Å². The van der Waals surface area contributed by atoms with Crippen molar-refractivity contribution >= 4 is 39.4 Å². The van der Waals surface area contributed by atoms with E-state index in [1.54, 1.807) is 31.5 Å². The van der Waals surface area contributed by atoms with Gasteiger partial charge in [-0.2, -0.15) is 0 Å². The van der Waals surface area contributed by atoms with E-state index >= 15 is 0 Å². The lowest BCUT2D eigenvalue weighted by molar-refractivity contribution is 0.0978. The number of anilines is 2. The quantitative estimate of drug-likeness (QED) is 0.185. The summed E-state index contributed by atoms with van der Waals surface area (Å²) in [6.07, 6.45) is 7.97. The van der Waals surface area contributed by atoms with Crippen LogP contribution in [-0.4, -0.2) is 32.4 Å². The van der Waals surface area contributed by atoms with Gasteiger partial charge >= 0.3 is 0 Å². The molecule has 178 valence electrons. The molecule has 4 rings (SSSR count). The van der Waals surface area contributed by atoms with Crippen molar-refractivity contribution in [1.82, 2.24) is 19.5 Å². The van der Waals surface area contributed by atoms with Gasteiger partial charge in [0.2, 0.25) is 0 Å². The largest absolute Gasteiger partial charge is 0.495 e. The lowest BCUT2D eigenvalue weighted by Crippen LogP contribution is -2.06. The Labute approximate surface area is 199 Å². The van der Waals surface area contributed by atoms with Crippen molar-refractivity contribution in [1.29, 1.82) is 0 Å². The van der Waals surface area contributed by atoms with Gasteiger partial charge in [-0.3, -0.25) is 9.78 Å². The molecule has 0 saturated carbocycles. The van der Waals surface area contributed by atoms with E-state index in [0.29, 0.717) is 29.2 Å². The molecule has 0 unspecified atom stereocenters. The molecular weight excluding hydrogens is 428 g/mol. The third-order valence-electron chi connectivity index (χ3n) is 6.14. The Morgan fingerprint density at radius 2 is 1.91 bits per heavy atom. The smallest absolute Gasteiger partial charge is 0.163 e. The molecule has 0 bridgehead atoms. The number of methoxy groups -OCH3 is 1. The topological polar surface area (TPSA) is 122 Å². The van der Waals surface area contributed by atoms with Gasteiger partial charge in [-0.15, -0.1) is 0 Å². The summed E-state index contributed by atoms with van der Waals surface area (Å²) < 4.78 is 7.48. The SMILES string of the molecule is CCCCc1nc2c(N)nc3cccnc3c2n1CCCCCC(=O)c1ccc(N)c(OC)c1. The Morgan fingerprint density at radius 1 is 1.06 bits per heavy atom. The minimum atomic E-state index is 0.101. The highest BCUT2D eigenvalue weighted by Crippen LogP contribution is 2.29. The predicted molar refractivity (Wildman–Crippen MR) is 136 cm³/mol. The second-order valence-electron chi connectivity index (χ2n) is 8.54. The number of fused-ring (bicyclic) bond motifs is 3. The van der Waals surface area contributed by atoms with Crippen molar-refractivity contribution in [2.45, 2.75) is 58.4 Å². The number of hydrogen-bond donors (Lipinski definition) is 2. The Hall–Kier alpha value is -3.68. The molecule has 4 N–H and O–H groups in total. The second kappa shape index (κ2) is 10.5. The number of carbonyl (C=O) groups is 1. The Kier molecular flexibility index (Phi) is 7.25. The molecule has 0 spiro atoms. The van der Waals surface area contributed by atoms with Crippen LogP contribution < -0.4 is 16.2 Å². The molecule has 8 heteroatoms. The molecule has 34 heavy (non-hydrogen) atoms. The van der Waals surface area contributed by atoms with E-state index in [1.165, 1.54) is 0 Å². The zero-order valence-corrected chi connectivity index (χ0v) is 19.9.